The number of nitrogens with one attached hydrogen (secondary N) is 1. The van der Waals surface area contributed by atoms with Crippen LogP contribution in [0.2, 0.25) is 0 Å². The number of hydrogen-bond acceptors (Lipinski definition) is 2. The maximum Gasteiger partial charge on any atom is 0.406 e. The van der Waals surface area contributed by atoms with Crippen molar-refractivity contribution >= 4 is 6.09 Å². The summed E-state index contributed by atoms with van der Waals surface area (Å²) in [6.07, 6.45) is -0.384. The summed E-state index contributed by atoms with van der Waals surface area (Å²) in [5, 5.41) is 2.79. The van der Waals surface area contributed by atoms with Crippen molar-refractivity contribution in [1.29, 1.82) is 0 Å². The number of alkyl carbamates (subject to hydrolysis) is 1. The molecule has 1 rings (SSSR count). The number of benzene rings is 1. The predicted octanol–water partition coefficient (Wildman–Crippen LogP) is 3.75. The lowest BCUT2D eigenvalue weighted by Gasteiger charge is -2.28. The Hall–Kier alpha value is -1.51. The summed E-state index contributed by atoms with van der Waals surface area (Å²) in [5.41, 5.74) is 3.73. The second-order valence-electron chi connectivity index (χ2n) is 5.96. The van der Waals surface area contributed by atoms with Gasteiger partial charge in [0.2, 0.25) is 0 Å². The molecule has 0 saturated heterocycles. The standard InChI is InChI=1S/C16H25NO2/c1-11(2)13-8-7-12(3)14(9-13)16(4,5)10-17-15(18)19-6/h7-9,11H,10H2,1-6H3,(H,17,18). The van der Waals surface area contributed by atoms with E-state index in [0.29, 0.717) is 12.5 Å². The first-order chi connectivity index (χ1) is 8.77. The maximum absolute atomic E-state index is 11.2. The molecule has 3 heteroatoms. The van der Waals surface area contributed by atoms with E-state index in [1.807, 2.05) is 0 Å². The molecule has 0 fully saturated rings. The van der Waals surface area contributed by atoms with E-state index in [0.717, 1.165) is 0 Å². The second kappa shape index (κ2) is 6.09. The third-order valence-electron chi connectivity index (χ3n) is 3.52. The Balaban J connectivity index is 2.99. The Morgan fingerprint density at radius 1 is 1.37 bits per heavy atom. The first kappa shape index (κ1) is 15.5. The molecule has 19 heavy (non-hydrogen) atoms. The van der Waals surface area contributed by atoms with Crippen LogP contribution in [0.1, 0.15) is 50.3 Å². The number of amides is 1. The molecule has 0 aliphatic carbocycles. The van der Waals surface area contributed by atoms with E-state index < -0.39 is 0 Å². The maximum atomic E-state index is 11.2. The lowest BCUT2D eigenvalue weighted by molar-refractivity contribution is 0.168. The van der Waals surface area contributed by atoms with Crippen LogP contribution in [0.25, 0.3) is 0 Å². The van der Waals surface area contributed by atoms with Gasteiger partial charge in [-0.3, -0.25) is 0 Å². The van der Waals surface area contributed by atoms with Crippen molar-refractivity contribution in [2.45, 2.75) is 46.0 Å². The Bertz CT molecular complexity index is 450. The van der Waals surface area contributed by atoms with Crippen molar-refractivity contribution in [2.24, 2.45) is 0 Å². The molecule has 0 spiro atoms. The summed E-state index contributed by atoms with van der Waals surface area (Å²) >= 11 is 0. The summed E-state index contributed by atoms with van der Waals surface area (Å²) in [5.74, 6) is 0.503. The molecule has 1 aromatic rings. The molecule has 3 nitrogen and oxygen atoms in total. The van der Waals surface area contributed by atoms with Crippen LogP contribution in [0.15, 0.2) is 18.2 Å². The average molecular weight is 263 g/mol. The summed E-state index contributed by atoms with van der Waals surface area (Å²) in [7, 11) is 1.38. The van der Waals surface area contributed by atoms with E-state index in [9.17, 15) is 4.79 Å². The number of aryl methyl sites for hydroxylation is 1. The zero-order valence-electron chi connectivity index (χ0n) is 12.8. The highest BCUT2D eigenvalue weighted by molar-refractivity contribution is 5.67. The first-order valence-electron chi connectivity index (χ1n) is 6.71. The minimum absolute atomic E-state index is 0.122. The van der Waals surface area contributed by atoms with E-state index in [2.05, 4.69) is 62.9 Å². The van der Waals surface area contributed by atoms with Crippen LogP contribution in [0.4, 0.5) is 4.79 Å². The van der Waals surface area contributed by atoms with Crippen LogP contribution in [-0.2, 0) is 10.2 Å². The van der Waals surface area contributed by atoms with E-state index >= 15 is 0 Å². The van der Waals surface area contributed by atoms with Crippen LogP contribution < -0.4 is 5.32 Å². The van der Waals surface area contributed by atoms with Gasteiger partial charge in [0.25, 0.3) is 0 Å². The summed E-state index contributed by atoms with van der Waals surface area (Å²) in [4.78, 5) is 11.2. The van der Waals surface area contributed by atoms with Crippen molar-refractivity contribution in [3.05, 3.63) is 34.9 Å². The minimum Gasteiger partial charge on any atom is -0.453 e. The van der Waals surface area contributed by atoms with Gasteiger partial charge in [-0.2, -0.15) is 0 Å². The molecule has 0 atom stereocenters. The highest BCUT2D eigenvalue weighted by Crippen LogP contribution is 2.29. The third-order valence-corrected chi connectivity index (χ3v) is 3.52. The molecule has 0 bridgehead atoms. The minimum atomic E-state index is -0.384. The van der Waals surface area contributed by atoms with Gasteiger partial charge in [0.1, 0.15) is 0 Å². The van der Waals surface area contributed by atoms with Gasteiger partial charge in [-0.15, -0.1) is 0 Å². The predicted molar refractivity (Wildman–Crippen MR) is 78.7 cm³/mol. The lowest BCUT2D eigenvalue weighted by Crippen LogP contribution is -2.37. The smallest absolute Gasteiger partial charge is 0.406 e. The molecular weight excluding hydrogens is 238 g/mol. The zero-order valence-corrected chi connectivity index (χ0v) is 12.8. The summed E-state index contributed by atoms with van der Waals surface area (Å²) < 4.78 is 4.62. The molecule has 0 aromatic heterocycles. The SMILES string of the molecule is COC(=O)NCC(C)(C)c1cc(C(C)C)ccc1C. The van der Waals surface area contributed by atoms with Crippen molar-refractivity contribution < 1.29 is 9.53 Å². The Kier molecular flexibility index (Phi) is 4.98. The normalized spacial score (nSPS) is 11.5. The number of rotatable bonds is 4. The molecule has 1 N–H and O–H groups in total. The monoisotopic (exact) mass is 263 g/mol. The molecule has 0 aliphatic rings. The fraction of sp³-hybridized carbons (Fsp3) is 0.562. The van der Waals surface area contributed by atoms with Crippen molar-refractivity contribution in [1.82, 2.24) is 5.32 Å². The van der Waals surface area contributed by atoms with Crippen LogP contribution >= 0.6 is 0 Å². The Labute approximate surface area is 116 Å². The van der Waals surface area contributed by atoms with Gasteiger partial charge in [0.05, 0.1) is 7.11 Å². The van der Waals surface area contributed by atoms with E-state index in [4.69, 9.17) is 0 Å². The Morgan fingerprint density at radius 2 is 2.00 bits per heavy atom. The van der Waals surface area contributed by atoms with Crippen LogP contribution in [0.3, 0.4) is 0 Å². The molecule has 0 saturated carbocycles. The lowest BCUT2D eigenvalue weighted by atomic mass is 9.80. The van der Waals surface area contributed by atoms with Gasteiger partial charge in [-0.1, -0.05) is 45.9 Å². The van der Waals surface area contributed by atoms with Crippen molar-refractivity contribution in [3.63, 3.8) is 0 Å². The van der Waals surface area contributed by atoms with Gasteiger partial charge >= 0.3 is 6.09 Å². The summed E-state index contributed by atoms with van der Waals surface area (Å²) in [6, 6.07) is 6.58. The highest BCUT2D eigenvalue weighted by Gasteiger charge is 2.24. The molecule has 0 aliphatic heterocycles. The van der Waals surface area contributed by atoms with E-state index in [1.165, 1.54) is 23.8 Å². The zero-order chi connectivity index (χ0) is 14.6. The van der Waals surface area contributed by atoms with Crippen LogP contribution in [0, 0.1) is 6.92 Å². The molecular formula is C16H25NO2. The average Bonchev–Trinajstić information content (AvgIpc) is 2.36. The molecule has 0 unspecified atom stereocenters. The number of carbonyl (C=O) groups is 1. The van der Waals surface area contributed by atoms with E-state index in [-0.39, 0.29) is 11.5 Å². The van der Waals surface area contributed by atoms with Gasteiger partial charge in [-0.25, -0.2) is 4.79 Å². The quantitative estimate of drug-likeness (QED) is 0.898. The van der Waals surface area contributed by atoms with Gasteiger partial charge < -0.3 is 10.1 Å². The van der Waals surface area contributed by atoms with Crippen molar-refractivity contribution in [2.75, 3.05) is 13.7 Å². The number of methoxy groups -OCH3 is 1. The number of ether oxygens (including phenoxy) is 1. The largest absolute Gasteiger partial charge is 0.453 e. The molecule has 0 heterocycles. The number of carbonyl (C=O) groups excluding carboxylic acids is 1. The van der Waals surface area contributed by atoms with E-state index in [1.54, 1.807) is 0 Å². The van der Waals surface area contributed by atoms with Gasteiger partial charge in [-0.05, 0) is 29.5 Å². The van der Waals surface area contributed by atoms with Crippen LogP contribution in [-0.4, -0.2) is 19.7 Å². The van der Waals surface area contributed by atoms with Crippen LogP contribution in [0.5, 0.6) is 0 Å². The molecule has 1 amide bonds. The van der Waals surface area contributed by atoms with Gasteiger partial charge in [0, 0.05) is 12.0 Å². The van der Waals surface area contributed by atoms with Crippen molar-refractivity contribution in [3.8, 4) is 0 Å². The first-order valence-corrected chi connectivity index (χ1v) is 6.71. The van der Waals surface area contributed by atoms with Gasteiger partial charge in [0.15, 0.2) is 0 Å². The fourth-order valence-corrected chi connectivity index (χ4v) is 2.19. The molecule has 1 aromatic carbocycles. The highest BCUT2D eigenvalue weighted by atomic mass is 16.5. The molecule has 0 radical (unpaired) electrons. The fourth-order valence-electron chi connectivity index (χ4n) is 2.19. The Morgan fingerprint density at radius 3 is 2.53 bits per heavy atom. The third kappa shape index (κ3) is 3.98. The summed E-state index contributed by atoms with van der Waals surface area (Å²) in [6.45, 7) is 11.3. The molecule has 106 valence electrons. The topological polar surface area (TPSA) is 38.3 Å². The number of hydrogen-bond donors (Lipinski definition) is 1. The second-order valence-corrected chi connectivity index (χ2v) is 5.96.